The number of rotatable bonds is 3. The molecule has 0 aliphatic heterocycles. The maximum atomic E-state index is 10.9. The third-order valence-electron chi connectivity index (χ3n) is 1.06. The first-order chi connectivity index (χ1) is 4.50. The van der Waals surface area contributed by atoms with Crippen LogP contribution in [-0.4, -0.2) is 32.6 Å². The first-order valence-electron chi connectivity index (χ1n) is 2.84. The van der Waals surface area contributed by atoms with Crippen LogP contribution in [0.25, 0.3) is 0 Å². The monoisotopic (exact) mass is 161 g/mol. The highest BCUT2D eigenvalue weighted by Gasteiger charge is 2.10. The zero-order chi connectivity index (χ0) is 8.20. The van der Waals surface area contributed by atoms with Crippen LogP contribution in [0.2, 0.25) is 0 Å². The van der Waals surface area contributed by atoms with Crippen LogP contribution in [0.4, 0.5) is 0 Å². The standard InChI is InChI=1S/C6H11NO2S/c1-4-5-6-10(8,9)7(2)3/h1H,5-6H2,2-3H3. The molecule has 3 nitrogen and oxygen atoms in total. The van der Waals surface area contributed by atoms with Crippen LogP contribution in [0.1, 0.15) is 6.42 Å². The molecule has 0 saturated carbocycles. The maximum Gasteiger partial charge on any atom is 0.214 e. The van der Waals surface area contributed by atoms with E-state index in [4.69, 9.17) is 6.42 Å². The zero-order valence-corrected chi connectivity index (χ0v) is 6.98. The van der Waals surface area contributed by atoms with E-state index in [2.05, 4.69) is 5.92 Å². The molecule has 0 aromatic rings. The predicted molar refractivity (Wildman–Crippen MR) is 40.9 cm³/mol. The molecule has 58 valence electrons. The summed E-state index contributed by atoms with van der Waals surface area (Å²) < 4.78 is 23.0. The number of nitrogens with zero attached hydrogens (tertiary/aromatic N) is 1. The summed E-state index contributed by atoms with van der Waals surface area (Å²) in [6.45, 7) is 0. The van der Waals surface area contributed by atoms with Gasteiger partial charge in [0.15, 0.2) is 0 Å². The molecular weight excluding hydrogens is 150 g/mol. The van der Waals surface area contributed by atoms with Gasteiger partial charge in [0.25, 0.3) is 0 Å². The van der Waals surface area contributed by atoms with Crippen LogP contribution in [-0.2, 0) is 10.0 Å². The first-order valence-corrected chi connectivity index (χ1v) is 4.45. The second-order valence-corrected chi connectivity index (χ2v) is 4.35. The number of terminal acetylenes is 1. The second-order valence-electron chi connectivity index (χ2n) is 2.05. The van der Waals surface area contributed by atoms with Crippen LogP contribution in [0.5, 0.6) is 0 Å². The van der Waals surface area contributed by atoms with Gasteiger partial charge in [0.2, 0.25) is 10.0 Å². The Labute approximate surface area is 62.1 Å². The third-order valence-corrected chi connectivity index (χ3v) is 2.89. The van der Waals surface area contributed by atoms with Crippen molar-refractivity contribution in [2.75, 3.05) is 19.8 Å². The van der Waals surface area contributed by atoms with Gasteiger partial charge in [-0.05, 0) is 0 Å². The van der Waals surface area contributed by atoms with E-state index in [9.17, 15) is 8.42 Å². The minimum atomic E-state index is -3.07. The molecule has 0 aliphatic rings. The van der Waals surface area contributed by atoms with E-state index in [1.54, 1.807) is 0 Å². The van der Waals surface area contributed by atoms with Gasteiger partial charge in [-0.1, -0.05) is 0 Å². The molecular formula is C6H11NO2S. The fourth-order valence-electron chi connectivity index (χ4n) is 0.370. The molecule has 0 fully saturated rings. The Morgan fingerprint density at radius 3 is 2.30 bits per heavy atom. The Kier molecular flexibility index (Phi) is 3.40. The zero-order valence-electron chi connectivity index (χ0n) is 6.16. The van der Waals surface area contributed by atoms with E-state index < -0.39 is 10.0 Å². The van der Waals surface area contributed by atoms with Gasteiger partial charge in [0, 0.05) is 20.5 Å². The Morgan fingerprint density at radius 1 is 1.50 bits per heavy atom. The Balaban J connectivity index is 4.06. The van der Waals surface area contributed by atoms with Gasteiger partial charge in [-0.25, -0.2) is 12.7 Å². The summed E-state index contributed by atoms with van der Waals surface area (Å²) in [5.74, 6) is 2.31. The van der Waals surface area contributed by atoms with Crippen LogP contribution >= 0.6 is 0 Å². The molecule has 0 aromatic carbocycles. The van der Waals surface area contributed by atoms with Gasteiger partial charge in [0.1, 0.15) is 0 Å². The molecule has 0 spiro atoms. The number of hydrogen-bond donors (Lipinski definition) is 0. The largest absolute Gasteiger partial charge is 0.214 e. The van der Waals surface area contributed by atoms with Gasteiger partial charge >= 0.3 is 0 Å². The molecule has 0 amide bonds. The summed E-state index contributed by atoms with van der Waals surface area (Å²) in [5, 5.41) is 0. The Hall–Kier alpha value is -0.530. The van der Waals surface area contributed by atoms with Crippen molar-refractivity contribution in [3.63, 3.8) is 0 Å². The normalized spacial score (nSPS) is 11.4. The van der Waals surface area contributed by atoms with Crippen molar-refractivity contribution >= 4 is 10.0 Å². The van der Waals surface area contributed by atoms with Crippen molar-refractivity contribution in [2.24, 2.45) is 0 Å². The van der Waals surface area contributed by atoms with Gasteiger partial charge in [0.05, 0.1) is 5.75 Å². The van der Waals surface area contributed by atoms with Crippen molar-refractivity contribution in [3.8, 4) is 12.3 Å². The highest BCUT2D eigenvalue weighted by molar-refractivity contribution is 7.89. The second kappa shape index (κ2) is 3.59. The molecule has 0 bridgehead atoms. The van der Waals surface area contributed by atoms with Gasteiger partial charge < -0.3 is 0 Å². The lowest BCUT2D eigenvalue weighted by atomic mass is 10.5. The highest BCUT2D eigenvalue weighted by Crippen LogP contribution is 1.95. The minimum Gasteiger partial charge on any atom is -0.212 e. The van der Waals surface area contributed by atoms with Crippen LogP contribution < -0.4 is 0 Å². The molecule has 10 heavy (non-hydrogen) atoms. The van der Waals surface area contributed by atoms with E-state index >= 15 is 0 Å². The molecule has 0 saturated heterocycles. The van der Waals surface area contributed by atoms with E-state index in [0.29, 0.717) is 0 Å². The summed E-state index contributed by atoms with van der Waals surface area (Å²) in [6, 6.07) is 0. The topological polar surface area (TPSA) is 37.4 Å². The average molecular weight is 161 g/mol. The lowest BCUT2D eigenvalue weighted by Crippen LogP contribution is -2.24. The smallest absolute Gasteiger partial charge is 0.212 e. The van der Waals surface area contributed by atoms with E-state index in [1.165, 1.54) is 18.4 Å². The third kappa shape index (κ3) is 2.85. The minimum absolute atomic E-state index is 0.0382. The van der Waals surface area contributed by atoms with Crippen molar-refractivity contribution in [3.05, 3.63) is 0 Å². The molecule has 0 aliphatic carbocycles. The lowest BCUT2D eigenvalue weighted by Gasteiger charge is -2.08. The molecule has 4 heteroatoms. The summed E-state index contributed by atoms with van der Waals surface area (Å²) in [4.78, 5) is 0. The summed E-state index contributed by atoms with van der Waals surface area (Å²) in [5.41, 5.74) is 0. The SMILES string of the molecule is C#CCCS(=O)(=O)N(C)C. The van der Waals surface area contributed by atoms with Crippen LogP contribution in [0.15, 0.2) is 0 Å². The molecule has 0 rings (SSSR count). The van der Waals surface area contributed by atoms with Crippen molar-refractivity contribution in [1.29, 1.82) is 0 Å². The molecule has 0 heterocycles. The first kappa shape index (κ1) is 9.47. The molecule has 0 atom stereocenters. The Morgan fingerprint density at radius 2 is 2.00 bits per heavy atom. The van der Waals surface area contributed by atoms with Crippen molar-refractivity contribution < 1.29 is 8.42 Å². The maximum absolute atomic E-state index is 10.9. The average Bonchev–Trinajstić information content (AvgIpc) is 1.84. The van der Waals surface area contributed by atoms with Gasteiger partial charge in [-0.3, -0.25) is 0 Å². The predicted octanol–water partition coefficient (Wildman–Crippen LogP) is -0.0989. The van der Waals surface area contributed by atoms with Crippen molar-refractivity contribution in [2.45, 2.75) is 6.42 Å². The molecule has 0 N–H and O–H groups in total. The molecule has 0 unspecified atom stereocenters. The summed E-state index contributed by atoms with van der Waals surface area (Å²) >= 11 is 0. The number of sulfonamides is 1. The summed E-state index contributed by atoms with van der Waals surface area (Å²) in [6.07, 6.45) is 5.18. The molecule has 0 aromatic heterocycles. The van der Waals surface area contributed by atoms with E-state index in [1.807, 2.05) is 0 Å². The van der Waals surface area contributed by atoms with Crippen LogP contribution in [0, 0.1) is 12.3 Å². The lowest BCUT2D eigenvalue weighted by molar-refractivity contribution is 0.521. The fourth-order valence-corrected chi connectivity index (χ4v) is 1.11. The summed E-state index contributed by atoms with van der Waals surface area (Å²) in [7, 11) is -0.0857. The van der Waals surface area contributed by atoms with E-state index in [-0.39, 0.29) is 12.2 Å². The van der Waals surface area contributed by atoms with Crippen molar-refractivity contribution in [1.82, 2.24) is 4.31 Å². The van der Waals surface area contributed by atoms with Crippen LogP contribution in [0.3, 0.4) is 0 Å². The number of hydrogen-bond acceptors (Lipinski definition) is 2. The molecule has 0 radical (unpaired) electrons. The quantitative estimate of drug-likeness (QED) is 0.542. The highest BCUT2D eigenvalue weighted by atomic mass is 32.2. The van der Waals surface area contributed by atoms with E-state index in [0.717, 1.165) is 0 Å². The Bertz CT molecular complexity index is 223. The van der Waals surface area contributed by atoms with Gasteiger partial charge in [-0.2, -0.15) is 0 Å². The fraction of sp³-hybridized carbons (Fsp3) is 0.667. The van der Waals surface area contributed by atoms with Gasteiger partial charge in [-0.15, -0.1) is 12.3 Å².